The molecule has 0 aliphatic rings. The van der Waals surface area contributed by atoms with Crippen LogP contribution in [0.4, 0.5) is 5.69 Å². The molecule has 0 aliphatic carbocycles. The summed E-state index contributed by atoms with van der Waals surface area (Å²) in [5, 5.41) is 13.3. The maximum absolute atomic E-state index is 11.6. The maximum atomic E-state index is 11.6. The Kier molecular flexibility index (Phi) is 4.05. The quantitative estimate of drug-likeness (QED) is 0.824. The van der Waals surface area contributed by atoms with Crippen LogP contribution in [0.5, 0.6) is 0 Å². The maximum Gasteiger partial charge on any atom is 0.227 e. The molecule has 0 fully saturated rings. The summed E-state index contributed by atoms with van der Waals surface area (Å²) >= 11 is 0. The Hall–Kier alpha value is -1.84. The van der Waals surface area contributed by atoms with E-state index in [9.17, 15) is 14.7 Å². The van der Waals surface area contributed by atoms with Gasteiger partial charge in [-0.1, -0.05) is 26.0 Å². The van der Waals surface area contributed by atoms with E-state index >= 15 is 0 Å². The third kappa shape index (κ3) is 3.08. The number of carboxylic acids is 1. The predicted molar refractivity (Wildman–Crippen MR) is 58.9 cm³/mol. The van der Waals surface area contributed by atoms with E-state index in [0.29, 0.717) is 5.69 Å². The first kappa shape index (κ1) is 12.2. The Bertz CT molecular complexity index is 401. The van der Waals surface area contributed by atoms with Crippen molar-refractivity contribution in [2.24, 2.45) is 5.92 Å². The largest absolute Gasteiger partial charge is 0.545 e. The lowest BCUT2D eigenvalue weighted by Crippen LogP contribution is -2.23. The van der Waals surface area contributed by atoms with E-state index in [2.05, 4.69) is 5.32 Å². The molecule has 1 amide bonds. The molecule has 1 atom stereocenters. The van der Waals surface area contributed by atoms with Gasteiger partial charge in [0.05, 0.1) is 5.97 Å². The fraction of sp³-hybridized carbons (Fsp3) is 0.333. The number of nitrogens with one attached hydrogen (secondary N) is 1. The first-order valence-corrected chi connectivity index (χ1v) is 5.17. The van der Waals surface area contributed by atoms with Gasteiger partial charge in [-0.3, -0.25) is 4.79 Å². The van der Waals surface area contributed by atoms with Gasteiger partial charge in [0.2, 0.25) is 5.91 Å². The van der Waals surface area contributed by atoms with Gasteiger partial charge in [-0.25, -0.2) is 0 Å². The predicted octanol–water partition coefficient (Wildman–Crippen LogP) is 1.03. The zero-order chi connectivity index (χ0) is 12.1. The van der Waals surface area contributed by atoms with Crippen molar-refractivity contribution in [3.8, 4) is 0 Å². The van der Waals surface area contributed by atoms with Crippen LogP contribution in [0.2, 0.25) is 0 Å². The van der Waals surface area contributed by atoms with Crippen molar-refractivity contribution in [3.63, 3.8) is 0 Å². The van der Waals surface area contributed by atoms with Gasteiger partial charge >= 0.3 is 0 Å². The second-order valence-electron chi connectivity index (χ2n) is 3.67. The molecule has 4 nitrogen and oxygen atoms in total. The molecule has 0 aliphatic heterocycles. The van der Waals surface area contributed by atoms with E-state index in [1.165, 1.54) is 12.1 Å². The van der Waals surface area contributed by atoms with Crippen LogP contribution < -0.4 is 10.4 Å². The molecule has 4 heteroatoms. The molecule has 0 saturated carbocycles. The fourth-order valence-electron chi connectivity index (χ4n) is 1.17. The molecule has 0 heterocycles. The van der Waals surface area contributed by atoms with E-state index in [4.69, 9.17) is 0 Å². The van der Waals surface area contributed by atoms with E-state index in [1.807, 2.05) is 13.8 Å². The Morgan fingerprint density at radius 1 is 1.44 bits per heavy atom. The van der Waals surface area contributed by atoms with Gasteiger partial charge < -0.3 is 15.2 Å². The molecule has 0 unspecified atom stereocenters. The highest BCUT2D eigenvalue weighted by Crippen LogP contribution is 2.12. The third-order valence-electron chi connectivity index (χ3n) is 2.43. The summed E-state index contributed by atoms with van der Waals surface area (Å²) in [5.74, 6) is -1.45. The zero-order valence-corrected chi connectivity index (χ0v) is 9.32. The third-order valence-corrected chi connectivity index (χ3v) is 2.43. The van der Waals surface area contributed by atoms with Crippen LogP contribution in [0.15, 0.2) is 24.3 Å². The number of carbonyl (C=O) groups is 2. The summed E-state index contributed by atoms with van der Waals surface area (Å²) in [6.45, 7) is 3.74. The summed E-state index contributed by atoms with van der Waals surface area (Å²) in [5.41, 5.74) is 0.536. The zero-order valence-electron chi connectivity index (χ0n) is 9.32. The van der Waals surface area contributed by atoms with Crippen LogP contribution in [0.1, 0.15) is 30.6 Å². The number of hydrogen-bond donors (Lipinski definition) is 1. The van der Waals surface area contributed by atoms with Crippen LogP contribution in [0, 0.1) is 5.92 Å². The number of anilines is 1. The van der Waals surface area contributed by atoms with E-state index in [-0.39, 0.29) is 17.4 Å². The summed E-state index contributed by atoms with van der Waals surface area (Å²) in [6.07, 6.45) is 0.742. The SMILES string of the molecule is CC[C@@H](C)C(=O)Nc1cccc(C(=O)[O-])c1. The van der Waals surface area contributed by atoms with Crippen molar-refractivity contribution in [2.45, 2.75) is 20.3 Å². The Labute approximate surface area is 94.3 Å². The Morgan fingerprint density at radius 2 is 2.12 bits per heavy atom. The molecule has 1 N–H and O–H groups in total. The summed E-state index contributed by atoms with van der Waals surface area (Å²) in [7, 11) is 0. The average Bonchev–Trinajstić information content (AvgIpc) is 2.28. The molecule has 16 heavy (non-hydrogen) atoms. The van der Waals surface area contributed by atoms with E-state index < -0.39 is 5.97 Å². The highest BCUT2D eigenvalue weighted by atomic mass is 16.4. The van der Waals surface area contributed by atoms with E-state index in [0.717, 1.165) is 6.42 Å². The first-order chi connectivity index (χ1) is 7.54. The first-order valence-electron chi connectivity index (χ1n) is 5.17. The fourth-order valence-corrected chi connectivity index (χ4v) is 1.17. The second-order valence-corrected chi connectivity index (χ2v) is 3.67. The highest BCUT2D eigenvalue weighted by Gasteiger charge is 2.10. The minimum absolute atomic E-state index is 0.0574. The van der Waals surface area contributed by atoms with Gasteiger partial charge in [-0.05, 0) is 24.1 Å². The number of aromatic carboxylic acids is 1. The van der Waals surface area contributed by atoms with Gasteiger partial charge in [0.25, 0.3) is 0 Å². The number of hydrogen-bond acceptors (Lipinski definition) is 3. The van der Waals surface area contributed by atoms with Crippen molar-refractivity contribution < 1.29 is 14.7 Å². The highest BCUT2D eigenvalue weighted by molar-refractivity contribution is 5.94. The van der Waals surface area contributed by atoms with Gasteiger partial charge in [0.1, 0.15) is 0 Å². The lowest BCUT2D eigenvalue weighted by molar-refractivity contribution is -0.255. The minimum atomic E-state index is -1.25. The minimum Gasteiger partial charge on any atom is -0.545 e. The van der Waals surface area contributed by atoms with Gasteiger partial charge in [0, 0.05) is 11.6 Å². The molecule has 1 aromatic rings. The van der Waals surface area contributed by atoms with Crippen molar-refractivity contribution in [3.05, 3.63) is 29.8 Å². The summed E-state index contributed by atoms with van der Waals surface area (Å²) in [4.78, 5) is 22.2. The van der Waals surface area contributed by atoms with Gasteiger partial charge in [-0.15, -0.1) is 0 Å². The van der Waals surface area contributed by atoms with E-state index in [1.54, 1.807) is 12.1 Å². The molecular formula is C12H14NO3-. The number of rotatable bonds is 4. The van der Waals surface area contributed by atoms with Crippen LogP contribution in [0.3, 0.4) is 0 Å². The van der Waals surface area contributed by atoms with Crippen LogP contribution >= 0.6 is 0 Å². The molecule has 1 aromatic carbocycles. The Balaban J connectivity index is 2.78. The lowest BCUT2D eigenvalue weighted by Gasteiger charge is -2.11. The normalized spacial score (nSPS) is 11.9. The molecule has 0 saturated heterocycles. The van der Waals surface area contributed by atoms with Crippen LogP contribution in [-0.4, -0.2) is 11.9 Å². The molecule has 0 bridgehead atoms. The monoisotopic (exact) mass is 220 g/mol. The van der Waals surface area contributed by atoms with Crippen molar-refractivity contribution >= 4 is 17.6 Å². The number of amides is 1. The molecule has 0 radical (unpaired) electrons. The number of carboxylic acid groups (broad SMARTS) is 1. The number of benzene rings is 1. The summed E-state index contributed by atoms with van der Waals surface area (Å²) < 4.78 is 0. The summed E-state index contributed by atoms with van der Waals surface area (Å²) in [6, 6.07) is 6.02. The van der Waals surface area contributed by atoms with Crippen molar-refractivity contribution in [1.29, 1.82) is 0 Å². The molecule has 86 valence electrons. The van der Waals surface area contributed by atoms with Crippen LogP contribution in [0.25, 0.3) is 0 Å². The number of carbonyl (C=O) groups excluding carboxylic acids is 2. The standard InChI is InChI=1S/C12H15NO3/c1-3-8(2)11(14)13-10-6-4-5-9(7-10)12(15)16/h4-8H,3H2,1-2H3,(H,13,14)(H,15,16)/p-1/t8-/m1/s1. The van der Waals surface area contributed by atoms with Crippen molar-refractivity contribution in [1.82, 2.24) is 0 Å². The second kappa shape index (κ2) is 5.30. The molecule has 0 aromatic heterocycles. The van der Waals surface area contributed by atoms with Gasteiger partial charge in [-0.2, -0.15) is 0 Å². The Morgan fingerprint density at radius 3 is 2.69 bits per heavy atom. The van der Waals surface area contributed by atoms with Gasteiger partial charge in [0.15, 0.2) is 0 Å². The van der Waals surface area contributed by atoms with Crippen molar-refractivity contribution in [2.75, 3.05) is 5.32 Å². The average molecular weight is 220 g/mol. The molecule has 1 rings (SSSR count). The smallest absolute Gasteiger partial charge is 0.227 e. The molecular weight excluding hydrogens is 206 g/mol. The molecule has 0 spiro atoms. The topological polar surface area (TPSA) is 69.2 Å². The van der Waals surface area contributed by atoms with Crippen LogP contribution in [-0.2, 0) is 4.79 Å². The lowest BCUT2D eigenvalue weighted by atomic mass is 10.1.